The molecule has 4 aromatic rings. The van der Waals surface area contributed by atoms with Crippen LogP contribution in [-0.4, -0.2) is 24.4 Å². The average molecular weight is 366 g/mol. The van der Waals surface area contributed by atoms with Crippen molar-refractivity contribution in [1.29, 1.82) is 5.26 Å². The predicted octanol–water partition coefficient (Wildman–Crippen LogP) is 2.95. The fourth-order valence-corrected chi connectivity index (χ4v) is 3.24. The average Bonchev–Trinajstić information content (AvgIpc) is 3.18. The Hall–Kier alpha value is -3.50. The maximum atomic E-state index is 11.8. The molecule has 128 valence electrons. The first kappa shape index (κ1) is 16.0. The molecule has 2 N–H and O–H groups in total. The van der Waals surface area contributed by atoms with Crippen LogP contribution in [0.5, 0.6) is 5.75 Å². The summed E-state index contributed by atoms with van der Waals surface area (Å²) < 4.78 is 3.30. The van der Waals surface area contributed by atoms with Crippen molar-refractivity contribution in [3.63, 3.8) is 0 Å². The number of rotatable bonds is 2. The van der Waals surface area contributed by atoms with E-state index in [1.807, 2.05) is 37.5 Å². The standard InChI is InChI=1S/C18H12ClN5O2/c1-23-9-11(8-21-23)10-2-4-12(5-3-10)24-15(19)6-14-16(24)17(25)13(7-20)18(26)22-14/h2-6,8-9H,1H3,(H2,22,25,26). The molecule has 7 nitrogen and oxygen atoms in total. The second-order valence-electron chi connectivity index (χ2n) is 5.80. The number of benzene rings is 1. The Labute approximate surface area is 152 Å². The van der Waals surface area contributed by atoms with Crippen LogP contribution in [0.15, 0.2) is 47.5 Å². The van der Waals surface area contributed by atoms with Gasteiger partial charge in [0.15, 0.2) is 11.3 Å². The van der Waals surface area contributed by atoms with Gasteiger partial charge in [-0.25, -0.2) is 0 Å². The Kier molecular flexibility index (Phi) is 3.56. The largest absolute Gasteiger partial charge is 0.504 e. The molecule has 0 saturated carbocycles. The van der Waals surface area contributed by atoms with E-state index < -0.39 is 11.3 Å². The molecule has 0 radical (unpaired) electrons. The van der Waals surface area contributed by atoms with Gasteiger partial charge in [0.1, 0.15) is 16.7 Å². The van der Waals surface area contributed by atoms with Crippen LogP contribution in [0.2, 0.25) is 5.15 Å². The number of pyridine rings is 1. The summed E-state index contributed by atoms with van der Waals surface area (Å²) in [5.74, 6) is -0.394. The summed E-state index contributed by atoms with van der Waals surface area (Å²) in [6.07, 6.45) is 3.67. The summed E-state index contributed by atoms with van der Waals surface area (Å²) in [6.45, 7) is 0. The second-order valence-corrected chi connectivity index (χ2v) is 6.19. The number of aromatic nitrogens is 4. The van der Waals surface area contributed by atoms with Gasteiger partial charge in [-0.2, -0.15) is 10.4 Å². The zero-order valence-electron chi connectivity index (χ0n) is 13.6. The third kappa shape index (κ3) is 2.36. The zero-order chi connectivity index (χ0) is 18.4. The number of aromatic hydroxyl groups is 1. The smallest absolute Gasteiger partial charge is 0.270 e. The van der Waals surface area contributed by atoms with Crippen LogP contribution in [0.3, 0.4) is 0 Å². The molecule has 1 aromatic carbocycles. The van der Waals surface area contributed by atoms with E-state index in [4.69, 9.17) is 16.9 Å². The number of nitrogens with one attached hydrogen (secondary N) is 1. The SMILES string of the molecule is Cn1cc(-c2ccc(-n3c(Cl)cc4[nH]c(=O)c(C#N)c(O)c43)cc2)cn1. The molecule has 0 amide bonds. The van der Waals surface area contributed by atoms with Crippen LogP contribution in [0.1, 0.15) is 5.56 Å². The molecule has 26 heavy (non-hydrogen) atoms. The molecular weight excluding hydrogens is 354 g/mol. The van der Waals surface area contributed by atoms with E-state index in [0.29, 0.717) is 16.4 Å². The molecule has 0 spiro atoms. The van der Waals surface area contributed by atoms with Gasteiger partial charge in [-0.05, 0) is 23.8 Å². The Morgan fingerprint density at radius 1 is 1.27 bits per heavy atom. The van der Waals surface area contributed by atoms with E-state index in [1.165, 1.54) is 6.07 Å². The molecule has 0 saturated heterocycles. The topological polar surface area (TPSA) is 99.6 Å². The van der Waals surface area contributed by atoms with E-state index in [0.717, 1.165) is 11.1 Å². The van der Waals surface area contributed by atoms with Crippen LogP contribution in [0, 0.1) is 11.3 Å². The van der Waals surface area contributed by atoms with Crippen molar-refractivity contribution in [3.05, 3.63) is 63.8 Å². The Bertz CT molecular complexity index is 1240. The number of H-pyrrole nitrogens is 1. The molecule has 8 heteroatoms. The molecule has 4 rings (SSSR count). The maximum absolute atomic E-state index is 11.8. The predicted molar refractivity (Wildman–Crippen MR) is 97.5 cm³/mol. The molecule has 0 unspecified atom stereocenters. The van der Waals surface area contributed by atoms with Gasteiger partial charge < -0.3 is 10.1 Å². The van der Waals surface area contributed by atoms with Gasteiger partial charge in [-0.3, -0.25) is 14.0 Å². The third-order valence-electron chi connectivity index (χ3n) is 4.17. The number of aromatic amines is 1. The van der Waals surface area contributed by atoms with Crippen molar-refractivity contribution >= 4 is 22.6 Å². The van der Waals surface area contributed by atoms with Crippen molar-refractivity contribution in [2.75, 3.05) is 0 Å². The Morgan fingerprint density at radius 2 is 2.00 bits per heavy atom. The first-order valence-corrected chi connectivity index (χ1v) is 8.03. The van der Waals surface area contributed by atoms with Gasteiger partial charge in [0.05, 0.1) is 11.7 Å². The van der Waals surface area contributed by atoms with Crippen molar-refractivity contribution in [2.24, 2.45) is 7.05 Å². The molecule has 0 atom stereocenters. The van der Waals surface area contributed by atoms with E-state index in [-0.39, 0.29) is 11.1 Å². The minimum atomic E-state index is -0.654. The number of hydrogen-bond acceptors (Lipinski definition) is 4. The lowest BCUT2D eigenvalue weighted by molar-refractivity contribution is 0.476. The summed E-state index contributed by atoms with van der Waals surface area (Å²) in [5, 5.41) is 24.0. The first-order valence-electron chi connectivity index (χ1n) is 7.65. The molecule has 3 heterocycles. The highest BCUT2D eigenvalue weighted by molar-refractivity contribution is 6.31. The minimum Gasteiger partial charge on any atom is -0.504 e. The lowest BCUT2D eigenvalue weighted by atomic mass is 10.1. The van der Waals surface area contributed by atoms with E-state index in [9.17, 15) is 9.90 Å². The van der Waals surface area contributed by atoms with E-state index >= 15 is 0 Å². The summed E-state index contributed by atoms with van der Waals surface area (Å²) >= 11 is 6.32. The van der Waals surface area contributed by atoms with E-state index in [2.05, 4.69) is 10.1 Å². The van der Waals surface area contributed by atoms with Crippen LogP contribution in [0.4, 0.5) is 0 Å². The molecule has 0 aliphatic heterocycles. The Balaban J connectivity index is 1.90. The summed E-state index contributed by atoms with van der Waals surface area (Å²) in [6, 6.07) is 10.7. The van der Waals surface area contributed by atoms with E-state index in [1.54, 1.807) is 21.5 Å². The van der Waals surface area contributed by atoms with Gasteiger partial charge in [-0.15, -0.1) is 0 Å². The molecule has 0 aliphatic carbocycles. The molecule has 0 bridgehead atoms. The monoisotopic (exact) mass is 365 g/mol. The first-order chi connectivity index (χ1) is 12.5. The maximum Gasteiger partial charge on any atom is 0.270 e. The van der Waals surface area contributed by atoms with Gasteiger partial charge in [0.25, 0.3) is 5.56 Å². The third-order valence-corrected chi connectivity index (χ3v) is 4.45. The summed E-state index contributed by atoms with van der Waals surface area (Å²) in [5.41, 5.74) is 2.27. The van der Waals surface area contributed by atoms with Crippen molar-refractivity contribution in [1.82, 2.24) is 19.3 Å². The van der Waals surface area contributed by atoms with Crippen LogP contribution >= 0.6 is 11.6 Å². The quantitative estimate of drug-likeness (QED) is 0.570. The van der Waals surface area contributed by atoms with Crippen LogP contribution < -0.4 is 5.56 Å². The molecule has 0 fully saturated rings. The van der Waals surface area contributed by atoms with Gasteiger partial charge in [-0.1, -0.05) is 23.7 Å². The van der Waals surface area contributed by atoms with Crippen molar-refractivity contribution in [3.8, 4) is 28.6 Å². The number of aryl methyl sites for hydroxylation is 1. The highest BCUT2D eigenvalue weighted by Crippen LogP contribution is 2.33. The zero-order valence-corrected chi connectivity index (χ0v) is 14.3. The lowest BCUT2D eigenvalue weighted by Gasteiger charge is -2.09. The van der Waals surface area contributed by atoms with Gasteiger partial charge >= 0.3 is 0 Å². The molecular formula is C18H12ClN5O2. The Morgan fingerprint density at radius 3 is 2.62 bits per heavy atom. The summed E-state index contributed by atoms with van der Waals surface area (Å²) in [7, 11) is 1.85. The highest BCUT2D eigenvalue weighted by Gasteiger charge is 2.18. The minimum absolute atomic E-state index is 0.278. The second kappa shape index (κ2) is 5.79. The van der Waals surface area contributed by atoms with Crippen molar-refractivity contribution < 1.29 is 5.11 Å². The van der Waals surface area contributed by atoms with Gasteiger partial charge in [0, 0.05) is 24.5 Å². The number of nitrogens with zero attached hydrogens (tertiary/aromatic N) is 4. The van der Waals surface area contributed by atoms with Crippen LogP contribution in [-0.2, 0) is 7.05 Å². The normalized spacial score (nSPS) is 11.0. The van der Waals surface area contributed by atoms with Gasteiger partial charge in [0.2, 0.25) is 0 Å². The lowest BCUT2D eigenvalue weighted by Crippen LogP contribution is -2.10. The van der Waals surface area contributed by atoms with Crippen LogP contribution in [0.25, 0.3) is 27.8 Å². The number of fused-ring (bicyclic) bond motifs is 1. The fourth-order valence-electron chi connectivity index (χ4n) is 2.95. The number of nitriles is 1. The number of hydrogen-bond donors (Lipinski definition) is 2. The number of halogens is 1. The van der Waals surface area contributed by atoms with Crippen molar-refractivity contribution in [2.45, 2.75) is 0 Å². The molecule has 0 aliphatic rings. The molecule has 3 aromatic heterocycles. The summed E-state index contributed by atoms with van der Waals surface area (Å²) in [4.78, 5) is 14.4. The fraction of sp³-hybridized carbons (Fsp3) is 0.0556. The highest BCUT2D eigenvalue weighted by atomic mass is 35.5.